The quantitative estimate of drug-likeness (QED) is 0.799. The van der Waals surface area contributed by atoms with Gasteiger partial charge in [0.1, 0.15) is 0 Å². The summed E-state index contributed by atoms with van der Waals surface area (Å²) in [5, 5.41) is 0.541. The van der Waals surface area contributed by atoms with Gasteiger partial charge in [-0.2, -0.15) is 0 Å². The van der Waals surface area contributed by atoms with E-state index in [4.69, 9.17) is 4.74 Å². The average molecular weight is 382 g/mol. The number of ether oxygens (including phenoxy) is 2. The fourth-order valence-electron chi connectivity index (χ4n) is 4.00. The Balaban J connectivity index is 1.46. The molecule has 3 saturated heterocycles. The molecule has 0 unspecified atom stereocenters. The number of alkyl halides is 3. The summed E-state index contributed by atoms with van der Waals surface area (Å²) in [6, 6.07) is 4.71. The van der Waals surface area contributed by atoms with E-state index in [0.29, 0.717) is 28.6 Å². The smallest absolute Gasteiger partial charge is 0.461 e. The molecular formula is C19H21F3N2O3. The van der Waals surface area contributed by atoms with Crippen LogP contribution in [0.15, 0.2) is 24.4 Å². The number of hydrogen-bond acceptors (Lipinski definition) is 4. The lowest BCUT2D eigenvalue weighted by Crippen LogP contribution is -2.50. The van der Waals surface area contributed by atoms with Crippen molar-refractivity contribution >= 4 is 16.9 Å². The lowest BCUT2D eigenvalue weighted by atomic mass is 9.73. The topological polar surface area (TPSA) is 54.6 Å². The standard InChI is InChI=1S/C19H21F3N2O3/c20-19(21,22)27-11-13-1-2-16-14(9-13)15(10-23-16)17(25)26-12-18-3-6-24(7-4-18)8-5-18/h1-2,9-10,23H,3-8,11-12H2. The van der Waals surface area contributed by atoms with Crippen LogP contribution in [0.25, 0.3) is 10.9 Å². The first-order chi connectivity index (χ1) is 12.8. The molecule has 5 nitrogen and oxygen atoms in total. The van der Waals surface area contributed by atoms with Crippen molar-refractivity contribution in [1.29, 1.82) is 0 Å². The molecule has 1 aromatic heterocycles. The van der Waals surface area contributed by atoms with Crippen molar-refractivity contribution in [3.63, 3.8) is 0 Å². The number of H-pyrrole nitrogens is 1. The predicted octanol–water partition coefficient (Wildman–Crippen LogP) is 3.85. The fourth-order valence-corrected chi connectivity index (χ4v) is 4.00. The molecule has 2 aromatic rings. The minimum atomic E-state index is -4.69. The first-order valence-corrected chi connectivity index (χ1v) is 9.04. The van der Waals surface area contributed by atoms with Crippen LogP contribution in [-0.4, -0.2) is 48.5 Å². The molecular weight excluding hydrogens is 361 g/mol. The van der Waals surface area contributed by atoms with Crippen molar-refractivity contribution < 1.29 is 27.4 Å². The van der Waals surface area contributed by atoms with Gasteiger partial charge in [0, 0.05) is 22.5 Å². The van der Waals surface area contributed by atoms with Gasteiger partial charge in [-0.3, -0.25) is 4.74 Å². The van der Waals surface area contributed by atoms with E-state index in [9.17, 15) is 18.0 Å². The van der Waals surface area contributed by atoms with E-state index in [0.717, 1.165) is 38.9 Å². The number of benzene rings is 1. The van der Waals surface area contributed by atoms with Crippen molar-refractivity contribution in [3.05, 3.63) is 35.5 Å². The van der Waals surface area contributed by atoms with Gasteiger partial charge in [0.25, 0.3) is 0 Å². The molecule has 3 aliphatic rings. The monoisotopic (exact) mass is 382 g/mol. The number of halogens is 3. The van der Waals surface area contributed by atoms with E-state index in [1.165, 1.54) is 12.1 Å². The second-order valence-electron chi connectivity index (χ2n) is 7.48. The largest absolute Gasteiger partial charge is 0.522 e. The number of aromatic nitrogens is 1. The maximum absolute atomic E-state index is 12.6. The first-order valence-electron chi connectivity index (χ1n) is 9.04. The van der Waals surface area contributed by atoms with Crippen LogP contribution in [-0.2, 0) is 16.1 Å². The Morgan fingerprint density at radius 2 is 1.89 bits per heavy atom. The molecule has 5 rings (SSSR count). The van der Waals surface area contributed by atoms with Crippen molar-refractivity contribution in [2.75, 3.05) is 26.2 Å². The zero-order chi connectivity index (χ0) is 19.1. The van der Waals surface area contributed by atoms with Gasteiger partial charge in [0.05, 0.1) is 18.8 Å². The Morgan fingerprint density at radius 3 is 2.56 bits per heavy atom. The highest BCUT2D eigenvalue weighted by Crippen LogP contribution is 2.40. The molecule has 2 bridgehead atoms. The number of esters is 1. The number of carbonyl (C=O) groups is 1. The second kappa shape index (κ2) is 6.83. The minimum absolute atomic E-state index is 0.0717. The van der Waals surface area contributed by atoms with Crippen LogP contribution in [0.1, 0.15) is 35.2 Å². The van der Waals surface area contributed by atoms with Crippen LogP contribution < -0.4 is 0 Å². The molecule has 0 aliphatic carbocycles. The summed E-state index contributed by atoms with van der Waals surface area (Å²) in [7, 11) is 0. The fraction of sp³-hybridized carbons (Fsp3) is 0.526. The number of piperidine rings is 3. The van der Waals surface area contributed by atoms with Crippen LogP contribution in [0.3, 0.4) is 0 Å². The van der Waals surface area contributed by atoms with E-state index in [1.54, 1.807) is 12.3 Å². The Morgan fingerprint density at radius 1 is 1.19 bits per heavy atom. The van der Waals surface area contributed by atoms with Crippen molar-refractivity contribution in [2.24, 2.45) is 5.41 Å². The van der Waals surface area contributed by atoms with E-state index in [-0.39, 0.29) is 5.41 Å². The van der Waals surface area contributed by atoms with Crippen LogP contribution in [0.2, 0.25) is 0 Å². The molecule has 27 heavy (non-hydrogen) atoms. The third kappa shape index (κ3) is 3.96. The lowest BCUT2D eigenvalue weighted by Gasteiger charge is -2.47. The van der Waals surface area contributed by atoms with Crippen LogP contribution in [0.4, 0.5) is 13.2 Å². The van der Waals surface area contributed by atoms with Gasteiger partial charge in [-0.25, -0.2) is 4.79 Å². The van der Waals surface area contributed by atoms with Gasteiger partial charge >= 0.3 is 12.3 Å². The Kier molecular flexibility index (Phi) is 4.63. The Bertz CT molecular complexity index is 825. The zero-order valence-electron chi connectivity index (χ0n) is 14.8. The summed E-state index contributed by atoms with van der Waals surface area (Å²) in [6.45, 7) is 2.94. The van der Waals surface area contributed by atoms with Crippen LogP contribution >= 0.6 is 0 Å². The number of carbonyl (C=O) groups excluding carboxylic acids is 1. The number of hydrogen-bond donors (Lipinski definition) is 1. The summed E-state index contributed by atoms with van der Waals surface area (Å²) < 4.78 is 46.2. The minimum Gasteiger partial charge on any atom is -0.461 e. The van der Waals surface area contributed by atoms with Gasteiger partial charge < -0.3 is 14.6 Å². The van der Waals surface area contributed by atoms with Gasteiger partial charge in [0.2, 0.25) is 0 Å². The molecule has 0 amide bonds. The number of nitrogens with zero attached hydrogens (tertiary/aromatic N) is 1. The molecule has 8 heteroatoms. The maximum atomic E-state index is 12.6. The van der Waals surface area contributed by atoms with Crippen LogP contribution in [0.5, 0.6) is 0 Å². The van der Waals surface area contributed by atoms with Crippen LogP contribution in [0, 0.1) is 5.41 Å². The van der Waals surface area contributed by atoms with E-state index < -0.39 is 18.9 Å². The summed E-state index contributed by atoms with van der Waals surface area (Å²) in [5.41, 5.74) is 1.42. The third-order valence-corrected chi connectivity index (χ3v) is 5.75. The number of fused-ring (bicyclic) bond motifs is 4. The molecule has 0 spiro atoms. The van der Waals surface area contributed by atoms with Crippen molar-refractivity contribution in [2.45, 2.75) is 32.2 Å². The number of nitrogens with one attached hydrogen (secondary N) is 1. The molecule has 1 aromatic carbocycles. The van der Waals surface area contributed by atoms with E-state index in [1.807, 2.05) is 0 Å². The third-order valence-electron chi connectivity index (χ3n) is 5.75. The van der Waals surface area contributed by atoms with E-state index >= 15 is 0 Å². The van der Waals surface area contributed by atoms with Crippen molar-refractivity contribution in [1.82, 2.24) is 9.88 Å². The lowest BCUT2D eigenvalue weighted by molar-refractivity contribution is -0.330. The van der Waals surface area contributed by atoms with Gasteiger partial charge in [-0.1, -0.05) is 6.07 Å². The highest BCUT2D eigenvalue weighted by Gasteiger charge is 2.40. The summed E-state index contributed by atoms with van der Waals surface area (Å²) >= 11 is 0. The molecule has 0 radical (unpaired) electrons. The molecule has 4 heterocycles. The Labute approximate surface area is 154 Å². The second-order valence-corrected chi connectivity index (χ2v) is 7.48. The number of rotatable bonds is 5. The molecule has 3 aliphatic heterocycles. The molecule has 0 atom stereocenters. The summed E-state index contributed by atoms with van der Waals surface area (Å²) in [6.07, 6.45) is -0.0421. The first kappa shape index (κ1) is 18.3. The highest BCUT2D eigenvalue weighted by atomic mass is 19.4. The van der Waals surface area contributed by atoms with Gasteiger partial charge in [-0.05, 0) is 56.6 Å². The molecule has 146 valence electrons. The van der Waals surface area contributed by atoms with E-state index in [2.05, 4.69) is 14.6 Å². The van der Waals surface area contributed by atoms with Gasteiger partial charge in [-0.15, -0.1) is 13.2 Å². The summed E-state index contributed by atoms with van der Waals surface area (Å²) in [4.78, 5) is 18.0. The molecule has 3 fully saturated rings. The maximum Gasteiger partial charge on any atom is 0.522 e. The van der Waals surface area contributed by atoms with Gasteiger partial charge in [0.15, 0.2) is 0 Å². The SMILES string of the molecule is O=C(OCC12CCN(CC1)CC2)c1c[nH]c2ccc(COC(F)(F)F)cc12. The Hall–Kier alpha value is -2.06. The predicted molar refractivity (Wildman–Crippen MR) is 92.1 cm³/mol. The molecule has 0 saturated carbocycles. The molecule has 1 N–H and O–H groups in total. The normalized spacial score (nSPS) is 25.1. The summed E-state index contributed by atoms with van der Waals surface area (Å²) in [5.74, 6) is -0.447. The number of aromatic amines is 1. The highest BCUT2D eigenvalue weighted by molar-refractivity contribution is 6.04. The van der Waals surface area contributed by atoms with Crippen molar-refractivity contribution in [3.8, 4) is 0 Å². The zero-order valence-corrected chi connectivity index (χ0v) is 14.8. The average Bonchev–Trinajstić information content (AvgIpc) is 3.09.